The highest BCUT2D eigenvalue weighted by molar-refractivity contribution is 6.31. The first-order valence-electron chi connectivity index (χ1n) is 12.9. The topological polar surface area (TPSA) is 140 Å². The van der Waals surface area contributed by atoms with Gasteiger partial charge in [0, 0.05) is 29.1 Å². The Morgan fingerprint density at radius 1 is 1.00 bits per heavy atom. The van der Waals surface area contributed by atoms with Crippen molar-refractivity contribution in [1.82, 2.24) is 20.2 Å². The fraction of sp³-hybridized carbons (Fsp3) is 0.172. The van der Waals surface area contributed by atoms with Crippen molar-refractivity contribution in [3.8, 4) is 11.5 Å². The Morgan fingerprint density at radius 3 is 2.49 bits per heavy atom. The average Bonchev–Trinajstić information content (AvgIpc) is 3.21. The number of hydrogen-bond acceptors (Lipinski definition) is 9. The van der Waals surface area contributed by atoms with Crippen LogP contribution in [0.2, 0.25) is 5.02 Å². The number of halogens is 3. The van der Waals surface area contributed by atoms with E-state index in [9.17, 15) is 23.6 Å². The fourth-order valence-electron chi connectivity index (χ4n) is 4.95. The van der Waals surface area contributed by atoms with Crippen molar-refractivity contribution in [2.45, 2.75) is 25.5 Å². The first-order valence-corrected chi connectivity index (χ1v) is 13.2. The number of imide groups is 2. The van der Waals surface area contributed by atoms with Crippen LogP contribution in [-0.2, 0) is 16.2 Å². The molecule has 0 aliphatic carbocycles. The van der Waals surface area contributed by atoms with Crippen LogP contribution in [0.15, 0.2) is 48.8 Å². The van der Waals surface area contributed by atoms with Crippen LogP contribution in [0.25, 0.3) is 10.9 Å². The van der Waals surface area contributed by atoms with Crippen molar-refractivity contribution in [3.63, 3.8) is 0 Å². The standard InChI is InChI=1S/C29H20ClF2N5O6/c1-42-23-10-21-17(26(34-12-33-21)35-14-2-3-19(31)18(30)7-14)9-24(23)43-11-13-6-15-16(8-20(13)32)29(41)37(28(15)40)22-4-5-25(38)36-27(22)39/h2-3,6-10,12,22H,4-5,11H2,1H3,(H,33,34,35)(H,36,38,39). The van der Waals surface area contributed by atoms with Crippen molar-refractivity contribution < 1.29 is 37.4 Å². The molecule has 2 aliphatic rings. The summed E-state index contributed by atoms with van der Waals surface area (Å²) < 4.78 is 40.1. The molecule has 2 aliphatic heterocycles. The van der Waals surface area contributed by atoms with Gasteiger partial charge in [-0.1, -0.05) is 11.6 Å². The summed E-state index contributed by atoms with van der Waals surface area (Å²) in [6.45, 7) is -0.356. The molecule has 1 saturated heterocycles. The zero-order valence-corrected chi connectivity index (χ0v) is 23.0. The molecular formula is C29H20ClF2N5O6. The molecule has 0 spiro atoms. The first kappa shape index (κ1) is 28.0. The predicted molar refractivity (Wildman–Crippen MR) is 148 cm³/mol. The normalized spacial score (nSPS) is 16.4. The van der Waals surface area contributed by atoms with Crippen LogP contribution in [0.1, 0.15) is 39.1 Å². The van der Waals surface area contributed by atoms with Crippen molar-refractivity contribution in [2.75, 3.05) is 12.4 Å². The number of anilines is 2. The Labute approximate surface area is 246 Å². The number of nitrogens with one attached hydrogen (secondary N) is 2. The van der Waals surface area contributed by atoms with Crippen LogP contribution in [0.3, 0.4) is 0 Å². The third-order valence-electron chi connectivity index (χ3n) is 7.09. The summed E-state index contributed by atoms with van der Waals surface area (Å²) in [6, 6.07) is 8.22. The van der Waals surface area contributed by atoms with Crippen LogP contribution >= 0.6 is 11.6 Å². The maximum Gasteiger partial charge on any atom is 0.262 e. The summed E-state index contributed by atoms with van der Waals surface area (Å²) in [5.74, 6) is -3.41. The summed E-state index contributed by atoms with van der Waals surface area (Å²) >= 11 is 5.90. The summed E-state index contributed by atoms with van der Waals surface area (Å²) in [6.07, 6.45) is 1.27. The minimum absolute atomic E-state index is 0.0227. The van der Waals surface area contributed by atoms with Gasteiger partial charge in [0.2, 0.25) is 11.8 Å². The lowest BCUT2D eigenvalue weighted by molar-refractivity contribution is -0.136. The van der Waals surface area contributed by atoms with E-state index in [1.54, 1.807) is 12.1 Å². The van der Waals surface area contributed by atoms with E-state index in [-0.39, 0.29) is 52.7 Å². The van der Waals surface area contributed by atoms with Gasteiger partial charge in [-0.3, -0.25) is 29.4 Å². The summed E-state index contributed by atoms with van der Waals surface area (Å²) in [4.78, 5) is 59.2. The molecule has 6 rings (SSSR count). The summed E-state index contributed by atoms with van der Waals surface area (Å²) in [7, 11) is 1.42. The van der Waals surface area contributed by atoms with Gasteiger partial charge in [-0.15, -0.1) is 0 Å². The maximum atomic E-state index is 15.2. The minimum Gasteiger partial charge on any atom is -0.493 e. The van der Waals surface area contributed by atoms with Crippen LogP contribution in [0, 0.1) is 11.6 Å². The van der Waals surface area contributed by atoms with Gasteiger partial charge >= 0.3 is 0 Å². The van der Waals surface area contributed by atoms with Gasteiger partial charge in [0.15, 0.2) is 11.5 Å². The Balaban J connectivity index is 1.28. The van der Waals surface area contributed by atoms with E-state index in [1.165, 1.54) is 37.7 Å². The molecule has 14 heteroatoms. The number of carbonyl (C=O) groups excluding carboxylic acids is 4. The van der Waals surface area contributed by atoms with Crippen LogP contribution in [0.4, 0.5) is 20.3 Å². The number of carbonyl (C=O) groups is 4. The zero-order valence-electron chi connectivity index (χ0n) is 22.2. The van der Waals surface area contributed by atoms with E-state index < -0.39 is 41.3 Å². The van der Waals surface area contributed by atoms with Crippen LogP contribution in [-0.4, -0.2) is 51.6 Å². The molecule has 3 aromatic carbocycles. The molecule has 43 heavy (non-hydrogen) atoms. The van der Waals surface area contributed by atoms with Crippen molar-refractivity contribution in [1.29, 1.82) is 0 Å². The molecule has 11 nitrogen and oxygen atoms in total. The van der Waals surface area contributed by atoms with Gasteiger partial charge in [-0.2, -0.15) is 0 Å². The number of rotatable bonds is 7. The van der Waals surface area contributed by atoms with Crippen molar-refractivity contribution in [2.24, 2.45) is 0 Å². The van der Waals surface area contributed by atoms with Crippen molar-refractivity contribution >= 4 is 57.6 Å². The second-order valence-corrected chi connectivity index (χ2v) is 10.1. The van der Waals surface area contributed by atoms with E-state index in [1.807, 2.05) is 0 Å². The van der Waals surface area contributed by atoms with E-state index in [0.717, 1.165) is 11.0 Å². The Morgan fingerprint density at radius 2 is 1.77 bits per heavy atom. The Bertz CT molecular complexity index is 1870. The molecule has 1 fully saturated rings. The monoisotopic (exact) mass is 607 g/mol. The Hall–Kier alpha value is -5.17. The number of ether oxygens (including phenoxy) is 2. The zero-order chi connectivity index (χ0) is 30.4. The average molecular weight is 608 g/mol. The number of benzene rings is 3. The second kappa shape index (κ2) is 10.9. The van der Waals surface area contributed by atoms with Crippen LogP contribution in [0.5, 0.6) is 11.5 Å². The van der Waals surface area contributed by atoms with E-state index in [2.05, 4.69) is 20.6 Å². The van der Waals surface area contributed by atoms with Gasteiger partial charge in [0.1, 0.15) is 36.4 Å². The number of methoxy groups -OCH3 is 1. The largest absolute Gasteiger partial charge is 0.493 e. The summed E-state index contributed by atoms with van der Waals surface area (Å²) in [5, 5.41) is 5.59. The van der Waals surface area contributed by atoms with Gasteiger partial charge in [0.25, 0.3) is 11.8 Å². The molecule has 0 saturated carbocycles. The summed E-state index contributed by atoms with van der Waals surface area (Å²) in [5.41, 5.74) is 0.647. The highest BCUT2D eigenvalue weighted by Gasteiger charge is 2.45. The highest BCUT2D eigenvalue weighted by Crippen LogP contribution is 2.36. The molecule has 4 amide bonds. The fourth-order valence-corrected chi connectivity index (χ4v) is 5.13. The number of amides is 4. The molecule has 0 radical (unpaired) electrons. The third kappa shape index (κ3) is 5.07. The van der Waals surface area contributed by atoms with Crippen LogP contribution < -0.4 is 20.1 Å². The maximum absolute atomic E-state index is 15.2. The SMILES string of the molecule is COc1cc2ncnc(Nc3ccc(F)c(Cl)c3)c2cc1OCc1cc2c(cc1F)C(=O)N(C1CCC(=O)NC1=O)C2=O. The molecule has 0 bridgehead atoms. The Kier molecular flexibility index (Phi) is 7.10. The van der Waals surface area contributed by atoms with Gasteiger partial charge in [0.05, 0.1) is 28.8 Å². The lowest BCUT2D eigenvalue weighted by Crippen LogP contribution is -2.54. The lowest BCUT2D eigenvalue weighted by Gasteiger charge is -2.27. The van der Waals surface area contributed by atoms with E-state index in [0.29, 0.717) is 22.4 Å². The number of fused-ring (bicyclic) bond motifs is 2. The third-order valence-corrected chi connectivity index (χ3v) is 7.38. The van der Waals surface area contributed by atoms with Gasteiger partial charge in [-0.25, -0.2) is 18.7 Å². The predicted octanol–water partition coefficient (Wildman–Crippen LogP) is 4.29. The van der Waals surface area contributed by atoms with Crippen molar-refractivity contribution in [3.05, 3.63) is 82.1 Å². The quantitative estimate of drug-likeness (QED) is 0.294. The number of nitrogens with zero attached hydrogens (tertiary/aromatic N) is 3. The number of aromatic nitrogens is 2. The van der Waals surface area contributed by atoms with E-state index in [4.69, 9.17) is 21.1 Å². The smallest absolute Gasteiger partial charge is 0.262 e. The molecule has 218 valence electrons. The molecule has 1 unspecified atom stereocenters. The molecular weight excluding hydrogens is 588 g/mol. The molecule has 4 aromatic rings. The highest BCUT2D eigenvalue weighted by atomic mass is 35.5. The van der Waals surface area contributed by atoms with Gasteiger partial charge < -0.3 is 14.8 Å². The lowest BCUT2D eigenvalue weighted by atomic mass is 10.0. The van der Waals surface area contributed by atoms with Gasteiger partial charge in [-0.05, 0) is 42.8 Å². The molecule has 1 atom stereocenters. The molecule has 3 heterocycles. The van der Waals surface area contributed by atoms with E-state index >= 15 is 4.39 Å². The molecule has 1 aromatic heterocycles. The molecule has 2 N–H and O–H groups in total. The number of hydrogen-bond donors (Lipinski definition) is 2. The number of piperidine rings is 1. The first-order chi connectivity index (χ1) is 20.6. The second-order valence-electron chi connectivity index (χ2n) is 9.72. The minimum atomic E-state index is -1.18.